The van der Waals surface area contributed by atoms with Crippen molar-refractivity contribution in [3.05, 3.63) is 35.4 Å². The Labute approximate surface area is 176 Å². The Balaban J connectivity index is 0.00000392. The van der Waals surface area contributed by atoms with Crippen molar-refractivity contribution in [2.75, 3.05) is 13.2 Å². The third-order valence-electron chi connectivity index (χ3n) is 5.39. The second kappa shape index (κ2) is 14.4. The third kappa shape index (κ3) is 9.09. The number of hydrogen-bond acceptors (Lipinski definition) is 3. The topological polar surface area (TPSA) is 64.7 Å². The number of carbonyl (C=O) groups excluding carboxylic acids is 1. The fourth-order valence-electron chi connectivity index (χ4n) is 3.59. The van der Waals surface area contributed by atoms with Gasteiger partial charge >= 0.3 is 5.97 Å². The standard InChI is InChI=1S/C23H36N2O2.ClH/c1-2-3-4-5-6-10-17-25-22(24)20-13-15-21(16-14-20)23(26)27-18-19-11-8-7-9-12-19;/h13-16,19H,2-12,17-18H2,1H3,(H2,24,25);1H. The molecule has 1 fully saturated rings. The molecule has 158 valence electrons. The molecule has 2 rings (SSSR count). The summed E-state index contributed by atoms with van der Waals surface area (Å²) in [5.74, 6) is 0.840. The number of esters is 1. The van der Waals surface area contributed by atoms with E-state index >= 15 is 0 Å². The van der Waals surface area contributed by atoms with E-state index < -0.39 is 0 Å². The van der Waals surface area contributed by atoms with Gasteiger partial charge in [0.25, 0.3) is 0 Å². The summed E-state index contributed by atoms with van der Waals surface area (Å²) in [6.07, 6.45) is 13.7. The van der Waals surface area contributed by atoms with Gasteiger partial charge in [-0.05, 0) is 37.3 Å². The molecule has 5 heteroatoms. The lowest BCUT2D eigenvalue weighted by molar-refractivity contribution is 0.0410. The third-order valence-corrected chi connectivity index (χ3v) is 5.39. The molecular formula is C23H37ClN2O2. The molecule has 1 aliphatic rings. The number of hydrogen-bond donors (Lipinski definition) is 1. The van der Waals surface area contributed by atoms with Gasteiger partial charge in [-0.25, -0.2) is 4.79 Å². The minimum absolute atomic E-state index is 0. The first-order valence-electron chi connectivity index (χ1n) is 10.8. The van der Waals surface area contributed by atoms with Crippen LogP contribution in [-0.2, 0) is 4.74 Å². The van der Waals surface area contributed by atoms with E-state index in [4.69, 9.17) is 10.5 Å². The Bertz CT molecular complexity index is 581. The summed E-state index contributed by atoms with van der Waals surface area (Å²) < 4.78 is 5.49. The normalized spacial score (nSPS) is 15.1. The summed E-state index contributed by atoms with van der Waals surface area (Å²) >= 11 is 0. The van der Waals surface area contributed by atoms with Gasteiger partial charge in [0.15, 0.2) is 0 Å². The van der Waals surface area contributed by atoms with Gasteiger partial charge in [-0.1, -0.05) is 70.4 Å². The predicted molar refractivity (Wildman–Crippen MR) is 120 cm³/mol. The molecule has 0 saturated heterocycles. The summed E-state index contributed by atoms with van der Waals surface area (Å²) in [5.41, 5.74) is 7.52. The SMILES string of the molecule is CCCCCCCCN=C(N)c1ccc(C(=O)OCC2CCCCC2)cc1.Cl. The van der Waals surface area contributed by atoms with E-state index in [9.17, 15) is 4.79 Å². The number of rotatable bonds is 11. The van der Waals surface area contributed by atoms with Crippen LogP contribution in [0.15, 0.2) is 29.3 Å². The van der Waals surface area contributed by atoms with Crippen LogP contribution in [0.4, 0.5) is 0 Å². The van der Waals surface area contributed by atoms with Gasteiger partial charge in [-0.15, -0.1) is 12.4 Å². The smallest absolute Gasteiger partial charge is 0.338 e. The molecule has 28 heavy (non-hydrogen) atoms. The molecule has 0 atom stereocenters. The molecule has 0 unspecified atom stereocenters. The zero-order valence-corrected chi connectivity index (χ0v) is 18.1. The molecule has 0 spiro atoms. The average molecular weight is 409 g/mol. The van der Waals surface area contributed by atoms with Crippen molar-refractivity contribution in [3.63, 3.8) is 0 Å². The molecule has 0 amide bonds. The van der Waals surface area contributed by atoms with Gasteiger partial charge < -0.3 is 10.5 Å². The van der Waals surface area contributed by atoms with E-state index in [0.29, 0.717) is 23.9 Å². The Kier molecular flexibility index (Phi) is 12.6. The highest BCUT2D eigenvalue weighted by molar-refractivity contribution is 5.98. The summed E-state index contributed by atoms with van der Waals surface area (Å²) in [6, 6.07) is 7.28. The summed E-state index contributed by atoms with van der Waals surface area (Å²) in [6.45, 7) is 3.54. The van der Waals surface area contributed by atoms with Gasteiger partial charge in [0, 0.05) is 12.1 Å². The number of nitrogens with zero attached hydrogens (tertiary/aromatic N) is 1. The largest absolute Gasteiger partial charge is 0.462 e. The molecule has 0 radical (unpaired) electrons. The zero-order chi connectivity index (χ0) is 19.3. The van der Waals surface area contributed by atoms with Crippen LogP contribution in [0.2, 0.25) is 0 Å². The molecular weight excluding hydrogens is 372 g/mol. The van der Waals surface area contributed by atoms with E-state index in [-0.39, 0.29) is 18.4 Å². The maximum atomic E-state index is 12.2. The molecule has 1 aromatic rings. The Hall–Kier alpha value is -1.55. The number of carbonyl (C=O) groups is 1. The Morgan fingerprint density at radius 2 is 1.61 bits per heavy atom. The maximum absolute atomic E-state index is 12.2. The minimum atomic E-state index is -0.241. The second-order valence-corrected chi connectivity index (χ2v) is 7.71. The highest BCUT2D eigenvalue weighted by atomic mass is 35.5. The van der Waals surface area contributed by atoms with Crippen LogP contribution in [0.1, 0.15) is 93.5 Å². The number of amidine groups is 1. The fourth-order valence-corrected chi connectivity index (χ4v) is 3.59. The molecule has 1 saturated carbocycles. The number of aliphatic imine (C=N–C) groups is 1. The predicted octanol–water partition coefficient (Wildman–Crippen LogP) is 5.91. The number of benzene rings is 1. The zero-order valence-electron chi connectivity index (χ0n) is 17.3. The summed E-state index contributed by atoms with van der Waals surface area (Å²) in [5, 5.41) is 0. The van der Waals surface area contributed by atoms with Gasteiger partial charge in [-0.2, -0.15) is 0 Å². The van der Waals surface area contributed by atoms with Crippen molar-refractivity contribution in [2.24, 2.45) is 16.6 Å². The highest BCUT2D eigenvalue weighted by Crippen LogP contribution is 2.24. The molecule has 1 aromatic carbocycles. The van der Waals surface area contributed by atoms with Gasteiger partial charge in [0.2, 0.25) is 0 Å². The minimum Gasteiger partial charge on any atom is -0.462 e. The maximum Gasteiger partial charge on any atom is 0.338 e. The molecule has 2 N–H and O–H groups in total. The lowest BCUT2D eigenvalue weighted by Crippen LogP contribution is -2.17. The number of nitrogens with two attached hydrogens (primary N) is 1. The van der Waals surface area contributed by atoms with Crippen LogP contribution in [0, 0.1) is 5.92 Å². The van der Waals surface area contributed by atoms with Crippen LogP contribution < -0.4 is 5.73 Å². The first kappa shape index (κ1) is 24.5. The first-order chi connectivity index (χ1) is 13.2. The first-order valence-corrected chi connectivity index (χ1v) is 10.8. The quantitative estimate of drug-likeness (QED) is 0.214. The van der Waals surface area contributed by atoms with Crippen molar-refractivity contribution >= 4 is 24.2 Å². The molecule has 0 bridgehead atoms. The lowest BCUT2D eigenvalue weighted by Gasteiger charge is -2.21. The van der Waals surface area contributed by atoms with Crippen molar-refractivity contribution < 1.29 is 9.53 Å². The number of ether oxygens (including phenoxy) is 1. The van der Waals surface area contributed by atoms with Crippen molar-refractivity contribution in [2.45, 2.75) is 77.6 Å². The Morgan fingerprint density at radius 1 is 1.00 bits per heavy atom. The monoisotopic (exact) mass is 408 g/mol. The van der Waals surface area contributed by atoms with Crippen molar-refractivity contribution in [1.82, 2.24) is 0 Å². The fraction of sp³-hybridized carbons (Fsp3) is 0.652. The van der Waals surface area contributed by atoms with Crippen LogP contribution >= 0.6 is 12.4 Å². The van der Waals surface area contributed by atoms with Crippen LogP contribution in [0.5, 0.6) is 0 Å². The summed E-state index contributed by atoms with van der Waals surface area (Å²) in [4.78, 5) is 16.7. The van der Waals surface area contributed by atoms with Gasteiger partial charge in [0.1, 0.15) is 5.84 Å². The van der Waals surface area contributed by atoms with Crippen molar-refractivity contribution in [1.29, 1.82) is 0 Å². The van der Waals surface area contributed by atoms with Gasteiger partial charge in [0.05, 0.1) is 12.2 Å². The molecule has 0 aromatic heterocycles. The van der Waals surface area contributed by atoms with E-state index in [0.717, 1.165) is 18.5 Å². The van der Waals surface area contributed by atoms with E-state index in [1.807, 2.05) is 12.1 Å². The van der Waals surface area contributed by atoms with E-state index in [1.54, 1.807) is 12.1 Å². The second-order valence-electron chi connectivity index (χ2n) is 7.71. The molecule has 4 nitrogen and oxygen atoms in total. The number of halogens is 1. The van der Waals surface area contributed by atoms with E-state index in [1.165, 1.54) is 64.2 Å². The van der Waals surface area contributed by atoms with Gasteiger partial charge in [-0.3, -0.25) is 4.99 Å². The molecule has 1 aliphatic carbocycles. The average Bonchev–Trinajstić information content (AvgIpc) is 2.72. The van der Waals surface area contributed by atoms with Crippen LogP contribution in [0.3, 0.4) is 0 Å². The van der Waals surface area contributed by atoms with E-state index in [2.05, 4.69) is 11.9 Å². The van der Waals surface area contributed by atoms with Crippen molar-refractivity contribution in [3.8, 4) is 0 Å². The number of unbranched alkanes of at least 4 members (excludes halogenated alkanes) is 5. The lowest BCUT2D eigenvalue weighted by atomic mass is 9.90. The van der Waals surface area contributed by atoms with Crippen LogP contribution in [0.25, 0.3) is 0 Å². The Morgan fingerprint density at radius 3 is 2.29 bits per heavy atom. The molecule has 0 aliphatic heterocycles. The summed E-state index contributed by atoms with van der Waals surface area (Å²) in [7, 11) is 0. The highest BCUT2D eigenvalue weighted by Gasteiger charge is 2.16. The molecule has 0 heterocycles. The van der Waals surface area contributed by atoms with Crippen LogP contribution in [-0.4, -0.2) is 25.0 Å².